The van der Waals surface area contributed by atoms with Crippen LogP contribution in [0.4, 0.5) is 0 Å². The zero-order valence-electron chi connectivity index (χ0n) is 8.80. The molecule has 0 aliphatic carbocycles. The van der Waals surface area contributed by atoms with Crippen LogP contribution in [0.1, 0.15) is 10.5 Å². The molecule has 1 N–H and O–H groups in total. The molecule has 0 saturated carbocycles. The summed E-state index contributed by atoms with van der Waals surface area (Å²) in [6.45, 7) is 0.948. The molecule has 15 heavy (non-hydrogen) atoms. The van der Waals surface area contributed by atoms with Crippen LogP contribution in [0.25, 0.3) is 0 Å². The molecule has 1 aromatic heterocycles. The molecule has 0 radical (unpaired) electrons. The highest BCUT2D eigenvalue weighted by molar-refractivity contribution is 7.99. The van der Waals surface area contributed by atoms with Crippen molar-refractivity contribution in [2.24, 2.45) is 0 Å². The Hall–Kier alpha value is -1.07. The monoisotopic (exact) mass is 226 g/mol. The van der Waals surface area contributed by atoms with Crippen molar-refractivity contribution in [1.29, 1.82) is 0 Å². The summed E-state index contributed by atoms with van der Waals surface area (Å²) in [4.78, 5) is 16.7. The number of hydrogen-bond acceptors (Lipinski definition) is 4. The molecule has 0 aliphatic heterocycles. The van der Waals surface area contributed by atoms with Gasteiger partial charge in [0, 0.05) is 12.3 Å². The highest BCUT2D eigenvalue weighted by atomic mass is 32.2. The van der Waals surface area contributed by atoms with Gasteiger partial charge in [0.25, 0.3) is 0 Å². The number of thioether (sulfide) groups is 1. The Kier molecular flexibility index (Phi) is 4.58. The van der Waals surface area contributed by atoms with Crippen LogP contribution >= 0.6 is 11.8 Å². The van der Waals surface area contributed by atoms with Gasteiger partial charge in [-0.3, -0.25) is 0 Å². The maximum atomic E-state index is 10.7. The van der Waals surface area contributed by atoms with Crippen LogP contribution in [-0.2, 0) is 0 Å². The normalized spacial score (nSPS) is 10.6. The summed E-state index contributed by atoms with van der Waals surface area (Å²) in [6, 6.07) is 5.04. The van der Waals surface area contributed by atoms with Gasteiger partial charge in [0.05, 0.1) is 5.03 Å². The highest BCUT2D eigenvalue weighted by Gasteiger charge is 2.05. The predicted octanol–water partition coefficient (Wildman–Crippen LogP) is 1.43. The molecule has 0 amide bonds. The van der Waals surface area contributed by atoms with E-state index in [1.807, 2.05) is 20.2 Å². The van der Waals surface area contributed by atoms with Crippen molar-refractivity contribution in [2.75, 3.05) is 26.4 Å². The molecule has 0 atom stereocenters. The third-order valence-electron chi connectivity index (χ3n) is 1.73. The Morgan fingerprint density at radius 1 is 1.53 bits per heavy atom. The summed E-state index contributed by atoms with van der Waals surface area (Å²) in [5, 5.41) is 9.50. The first-order valence-electron chi connectivity index (χ1n) is 4.57. The SMILES string of the molecule is CN(C)CCSc1cccc(C(=O)O)n1. The molecule has 0 spiro atoms. The van der Waals surface area contributed by atoms with Crippen LogP contribution < -0.4 is 0 Å². The van der Waals surface area contributed by atoms with Crippen molar-refractivity contribution in [3.05, 3.63) is 23.9 Å². The molecule has 1 heterocycles. The number of carboxylic acids is 1. The summed E-state index contributed by atoms with van der Waals surface area (Å²) < 4.78 is 0. The first-order chi connectivity index (χ1) is 7.09. The fraction of sp³-hybridized carbons (Fsp3) is 0.400. The smallest absolute Gasteiger partial charge is 0.354 e. The van der Waals surface area contributed by atoms with E-state index in [4.69, 9.17) is 5.11 Å². The molecule has 1 aromatic rings. The molecule has 1 rings (SSSR count). The molecule has 4 nitrogen and oxygen atoms in total. The van der Waals surface area contributed by atoms with Gasteiger partial charge in [-0.2, -0.15) is 0 Å². The van der Waals surface area contributed by atoms with Crippen molar-refractivity contribution < 1.29 is 9.90 Å². The van der Waals surface area contributed by atoms with E-state index in [2.05, 4.69) is 9.88 Å². The van der Waals surface area contributed by atoms with E-state index in [9.17, 15) is 4.79 Å². The van der Waals surface area contributed by atoms with Gasteiger partial charge in [-0.15, -0.1) is 11.8 Å². The average Bonchev–Trinajstić information content (AvgIpc) is 2.17. The molecule has 0 unspecified atom stereocenters. The summed E-state index contributed by atoms with van der Waals surface area (Å²) in [7, 11) is 4.00. The van der Waals surface area contributed by atoms with Crippen LogP contribution in [0.5, 0.6) is 0 Å². The van der Waals surface area contributed by atoms with Crippen molar-refractivity contribution in [3.63, 3.8) is 0 Å². The summed E-state index contributed by atoms with van der Waals surface area (Å²) in [6.07, 6.45) is 0. The predicted molar refractivity (Wildman–Crippen MR) is 60.5 cm³/mol. The van der Waals surface area contributed by atoms with E-state index in [1.54, 1.807) is 17.8 Å². The number of aromatic nitrogens is 1. The lowest BCUT2D eigenvalue weighted by molar-refractivity contribution is 0.0689. The lowest BCUT2D eigenvalue weighted by Gasteiger charge is -2.08. The summed E-state index contributed by atoms with van der Waals surface area (Å²) in [5.41, 5.74) is 0.102. The Morgan fingerprint density at radius 2 is 2.27 bits per heavy atom. The second kappa shape index (κ2) is 5.72. The molecular formula is C10H14N2O2S. The highest BCUT2D eigenvalue weighted by Crippen LogP contribution is 2.15. The first-order valence-corrected chi connectivity index (χ1v) is 5.56. The quantitative estimate of drug-likeness (QED) is 0.770. The second-order valence-electron chi connectivity index (χ2n) is 3.32. The van der Waals surface area contributed by atoms with E-state index in [0.29, 0.717) is 0 Å². The number of nitrogens with zero attached hydrogens (tertiary/aromatic N) is 2. The van der Waals surface area contributed by atoms with Crippen molar-refractivity contribution in [1.82, 2.24) is 9.88 Å². The van der Waals surface area contributed by atoms with E-state index < -0.39 is 5.97 Å². The minimum atomic E-state index is -0.981. The molecular weight excluding hydrogens is 212 g/mol. The third-order valence-corrected chi connectivity index (χ3v) is 2.64. The molecule has 0 bridgehead atoms. The zero-order valence-corrected chi connectivity index (χ0v) is 9.62. The zero-order chi connectivity index (χ0) is 11.3. The van der Waals surface area contributed by atoms with E-state index in [1.165, 1.54) is 6.07 Å². The second-order valence-corrected chi connectivity index (χ2v) is 4.43. The Morgan fingerprint density at radius 3 is 2.87 bits per heavy atom. The van der Waals surface area contributed by atoms with Gasteiger partial charge >= 0.3 is 5.97 Å². The van der Waals surface area contributed by atoms with Gasteiger partial charge < -0.3 is 10.0 Å². The summed E-state index contributed by atoms with van der Waals surface area (Å²) >= 11 is 1.56. The number of hydrogen-bond donors (Lipinski definition) is 1. The molecule has 5 heteroatoms. The molecule has 0 fully saturated rings. The fourth-order valence-corrected chi connectivity index (χ4v) is 1.95. The van der Waals surface area contributed by atoms with Crippen LogP contribution in [0.15, 0.2) is 23.2 Å². The molecule has 0 saturated heterocycles. The molecule has 0 aromatic carbocycles. The lowest BCUT2D eigenvalue weighted by atomic mass is 10.4. The van der Waals surface area contributed by atoms with Crippen LogP contribution in [0, 0.1) is 0 Å². The minimum absolute atomic E-state index is 0.102. The fourth-order valence-electron chi connectivity index (χ4n) is 0.947. The standard InChI is InChI=1S/C10H14N2O2S/c1-12(2)6-7-15-9-5-3-4-8(11-9)10(13)14/h3-5H,6-7H2,1-2H3,(H,13,14). The summed E-state index contributed by atoms with van der Waals surface area (Å²) in [5.74, 6) is -0.0756. The van der Waals surface area contributed by atoms with Crippen LogP contribution in [0.2, 0.25) is 0 Å². The number of pyridine rings is 1. The third kappa shape index (κ3) is 4.31. The van der Waals surface area contributed by atoms with E-state index in [0.717, 1.165) is 17.3 Å². The Bertz CT molecular complexity index is 342. The minimum Gasteiger partial charge on any atom is -0.477 e. The number of carbonyl (C=O) groups is 1. The van der Waals surface area contributed by atoms with Gasteiger partial charge in [0.2, 0.25) is 0 Å². The Balaban J connectivity index is 2.54. The van der Waals surface area contributed by atoms with Gasteiger partial charge in [-0.25, -0.2) is 9.78 Å². The van der Waals surface area contributed by atoms with Crippen molar-refractivity contribution >= 4 is 17.7 Å². The van der Waals surface area contributed by atoms with E-state index in [-0.39, 0.29) is 5.69 Å². The van der Waals surface area contributed by atoms with Crippen molar-refractivity contribution in [2.45, 2.75) is 5.03 Å². The molecule has 82 valence electrons. The average molecular weight is 226 g/mol. The number of rotatable bonds is 5. The number of aromatic carboxylic acids is 1. The van der Waals surface area contributed by atoms with Gasteiger partial charge in [0.1, 0.15) is 5.69 Å². The van der Waals surface area contributed by atoms with Gasteiger partial charge in [-0.05, 0) is 26.2 Å². The Labute approximate surface area is 93.3 Å². The van der Waals surface area contributed by atoms with E-state index >= 15 is 0 Å². The largest absolute Gasteiger partial charge is 0.477 e. The topological polar surface area (TPSA) is 53.4 Å². The number of carboxylic acid groups (broad SMARTS) is 1. The van der Waals surface area contributed by atoms with Crippen LogP contribution in [-0.4, -0.2) is 47.4 Å². The first kappa shape index (κ1) is 12.0. The van der Waals surface area contributed by atoms with Crippen molar-refractivity contribution in [3.8, 4) is 0 Å². The maximum Gasteiger partial charge on any atom is 0.354 e. The van der Waals surface area contributed by atoms with Gasteiger partial charge in [-0.1, -0.05) is 6.07 Å². The van der Waals surface area contributed by atoms with Crippen LogP contribution in [0.3, 0.4) is 0 Å². The van der Waals surface area contributed by atoms with Gasteiger partial charge in [0.15, 0.2) is 0 Å². The lowest BCUT2D eigenvalue weighted by Crippen LogP contribution is -2.14. The molecule has 0 aliphatic rings. The maximum absolute atomic E-state index is 10.7.